The van der Waals surface area contributed by atoms with Gasteiger partial charge in [-0.25, -0.2) is 0 Å². The molecule has 1 atom stereocenters. The Bertz CT molecular complexity index is 824. The van der Waals surface area contributed by atoms with Crippen LogP contribution < -0.4 is 0 Å². The van der Waals surface area contributed by atoms with Crippen molar-refractivity contribution in [3.8, 4) is 0 Å². The van der Waals surface area contributed by atoms with Crippen LogP contribution in [0.25, 0.3) is 0 Å². The Kier molecular flexibility index (Phi) is 6.29. The van der Waals surface area contributed by atoms with E-state index in [9.17, 15) is 0 Å². The highest BCUT2D eigenvalue weighted by atomic mass is 32.2. The highest BCUT2D eigenvalue weighted by Crippen LogP contribution is 2.42. The van der Waals surface area contributed by atoms with E-state index in [4.69, 9.17) is 12.2 Å². The molecule has 26 heavy (non-hydrogen) atoms. The van der Waals surface area contributed by atoms with Crippen LogP contribution in [0.3, 0.4) is 0 Å². The molecule has 1 unspecified atom stereocenters. The minimum Gasteiger partial charge on any atom is -0.106 e. The summed E-state index contributed by atoms with van der Waals surface area (Å²) in [5.41, 5.74) is 3.90. The Labute approximate surface area is 166 Å². The van der Waals surface area contributed by atoms with Gasteiger partial charge in [0.05, 0.1) is 4.20 Å². The van der Waals surface area contributed by atoms with Gasteiger partial charge in [0, 0.05) is 5.25 Å². The summed E-state index contributed by atoms with van der Waals surface area (Å²) in [7, 11) is 0. The molecule has 3 aromatic carbocycles. The summed E-state index contributed by atoms with van der Waals surface area (Å²) >= 11 is 7.57. The van der Waals surface area contributed by atoms with Gasteiger partial charge >= 0.3 is 0 Å². The van der Waals surface area contributed by atoms with E-state index < -0.39 is 0 Å². The molecular formula is C24H24S2. The second-order valence-corrected chi connectivity index (χ2v) is 9.00. The maximum atomic E-state index is 5.77. The van der Waals surface area contributed by atoms with E-state index in [1.54, 1.807) is 11.8 Å². The first kappa shape index (κ1) is 18.9. The first-order valence-electron chi connectivity index (χ1n) is 8.93. The van der Waals surface area contributed by atoms with Crippen molar-refractivity contribution in [3.63, 3.8) is 0 Å². The molecule has 0 nitrogen and oxygen atoms in total. The fraction of sp³-hybridized carbons (Fsp3) is 0.208. The van der Waals surface area contributed by atoms with Crippen molar-refractivity contribution in [2.45, 2.75) is 30.9 Å². The average molecular weight is 377 g/mol. The maximum absolute atomic E-state index is 5.77. The van der Waals surface area contributed by atoms with Gasteiger partial charge in [-0.15, -0.1) is 11.8 Å². The van der Waals surface area contributed by atoms with Crippen LogP contribution >= 0.6 is 24.0 Å². The van der Waals surface area contributed by atoms with E-state index in [1.807, 2.05) is 18.2 Å². The SMILES string of the molecule is CC(C)(CC(SC(=S)c1ccccc1)c1ccccc1)c1ccccc1. The lowest BCUT2D eigenvalue weighted by Gasteiger charge is -2.30. The smallest absolute Gasteiger partial charge is 0.0784 e. The van der Waals surface area contributed by atoms with Crippen LogP contribution in [-0.2, 0) is 5.41 Å². The predicted molar refractivity (Wildman–Crippen MR) is 119 cm³/mol. The molecule has 0 amide bonds. The summed E-state index contributed by atoms with van der Waals surface area (Å²) in [6, 6.07) is 31.8. The molecular weight excluding hydrogens is 352 g/mol. The molecule has 0 radical (unpaired) electrons. The number of hydrogen-bond acceptors (Lipinski definition) is 2. The van der Waals surface area contributed by atoms with E-state index in [1.165, 1.54) is 11.1 Å². The molecule has 0 aliphatic rings. The van der Waals surface area contributed by atoms with Gasteiger partial charge in [-0.3, -0.25) is 0 Å². The summed E-state index contributed by atoms with van der Waals surface area (Å²) in [6.07, 6.45) is 1.03. The van der Waals surface area contributed by atoms with Gasteiger partial charge < -0.3 is 0 Å². The maximum Gasteiger partial charge on any atom is 0.0784 e. The summed E-state index contributed by atoms with van der Waals surface area (Å²) in [5, 5.41) is 0.319. The van der Waals surface area contributed by atoms with Crippen molar-refractivity contribution in [2.24, 2.45) is 0 Å². The van der Waals surface area contributed by atoms with Crippen molar-refractivity contribution in [1.29, 1.82) is 0 Å². The van der Waals surface area contributed by atoms with Crippen LogP contribution in [0.4, 0.5) is 0 Å². The number of thiocarbonyl (C=S) groups is 1. The zero-order valence-electron chi connectivity index (χ0n) is 15.3. The van der Waals surface area contributed by atoms with Crippen molar-refractivity contribution in [1.82, 2.24) is 0 Å². The van der Waals surface area contributed by atoms with Crippen molar-refractivity contribution in [2.75, 3.05) is 0 Å². The van der Waals surface area contributed by atoms with Gasteiger partial charge in [0.2, 0.25) is 0 Å². The summed E-state index contributed by atoms with van der Waals surface area (Å²) < 4.78 is 0.961. The van der Waals surface area contributed by atoms with E-state index in [0.29, 0.717) is 5.25 Å². The lowest BCUT2D eigenvalue weighted by atomic mass is 9.79. The van der Waals surface area contributed by atoms with Gasteiger partial charge in [0.25, 0.3) is 0 Å². The van der Waals surface area contributed by atoms with Crippen LogP contribution in [0.5, 0.6) is 0 Å². The van der Waals surface area contributed by atoms with Crippen molar-refractivity contribution in [3.05, 3.63) is 108 Å². The molecule has 0 saturated heterocycles. The Hall–Kier alpha value is -1.90. The molecule has 0 saturated carbocycles. The Morgan fingerprint density at radius 1 is 0.808 bits per heavy atom. The zero-order valence-corrected chi connectivity index (χ0v) is 16.9. The van der Waals surface area contributed by atoms with E-state index in [0.717, 1.165) is 16.2 Å². The normalized spacial score (nSPS) is 12.5. The number of benzene rings is 3. The average Bonchev–Trinajstić information content (AvgIpc) is 2.69. The second-order valence-electron chi connectivity index (χ2n) is 7.12. The van der Waals surface area contributed by atoms with Crippen LogP contribution in [0.1, 0.15) is 42.2 Å². The summed E-state index contributed by atoms with van der Waals surface area (Å²) in [6.45, 7) is 4.65. The first-order chi connectivity index (χ1) is 12.6. The quantitative estimate of drug-likeness (QED) is 0.417. The zero-order chi connectivity index (χ0) is 18.4. The van der Waals surface area contributed by atoms with Crippen molar-refractivity contribution >= 4 is 28.2 Å². The van der Waals surface area contributed by atoms with Crippen molar-refractivity contribution < 1.29 is 0 Å². The second kappa shape index (κ2) is 8.66. The molecule has 0 aliphatic heterocycles. The Morgan fingerprint density at radius 2 is 1.31 bits per heavy atom. The molecule has 3 aromatic rings. The van der Waals surface area contributed by atoms with Crippen LogP contribution in [0.2, 0.25) is 0 Å². The summed E-state index contributed by atoms with van der Waals surface area (Å²) in [5.74, 6) is 0. The minimum absolute atomic E-state index is 0.0705. The third kappa shape index (κ3) is 4.84. The highest BCUT2D eigenvalue weighted by molar-refractivity contribution is 8.23. The van der Waals surface area contributed by atoms with Gasteiger partial charge in [-0.05, 0) is 28.5 Å². The van der Waals surface area contributed by atoms with Gasteiger partial charge in [0.15, 0.2) is 0 Å². The van der Waals surface area contributed by atoms with E-state index in [2.05, 4.69) is 86.6 Å². The monoisotopic (exact) mass is 376 g/mol. The van der Waals surface area contributed by atoms with Gasteiger partial charge in [-0.2, -0.15) is 0 Å². The standard InChI is InChI=1S/C24H24S2/c1-24(2,21-16-10-5-11-17-21)18-22(19-12-6-3-7-13-19)26-23(25)20-14-8-4-9-15-20/h3-17,22H,18H2,1-2H3. The molecule has 0 spiro atoms. The lowest BCUT2D eigenvalue weighted by molar-refractivity contribution is 0.476. The fourth-order valence-electron chi connectivity index (χ4n) is 3.14. The Morgan fingerprint density at radius 3 is 1.88 bits per heavy atom. The number of rotatable bonds is 6. The Balaban J connectivity index is 1.86. The van der Waals surface area contributed by atoms with Gasteiger partial charge in [-0.1, -0.05) is 117 Å². The predicted octanol–water partition coefficient (Wildman–Crippen LogP) is 7.20. The van der Waals surface area contributed by atoms with Crippen LogP contribution in [0, 0.1) is 0 Å². The number of hydrogen-bond donors (Lipinski definition) is 0. The van der Waals surface area contributed by atoms with Crippen LogP contribution in [0.15, 0.2) is 91.0 Å². The molecule has 0 aromatic heterocycles. The molecule has 3 rings (SSSR count). The molecule has 0 aliphatic carbocycles. The molecule has 0 fully saturated rings. The molecule has 0 N–H and O–H groups in total. The fourth-order valence-corrected chi connectivity index (χ4v) is 4.95. The third-order valence-electron chi connectivity index (χ3n) is 4.68. The lowest BCUT2D eigenvalue weighted by Crippen LogP contribution is -2.20. The molecule has 132 valence electrons. The number of thioether (sulfide) groups is 1. The van der Waals surface area contributed by atoms with Gasteiger partial charge in [0.1, 0.15) is 0 Å². The van der Waals surface area contributed by atoms with E-state index >= 15 is 0 Å². The molecule has 0 bridgehead atoms. The molecule has 0 heterocycles. The van der Waals surface area contributed by atoms with E-state index in [-0.39, 0.29) is 5.41 Å². The molecule has 2 heteroatoms. The largest absolute Gasteiger partial charge is 0.106 e. The minimum atomic E-state index is 0.0705. The first-order valence-corrected chi connectivity index (χ1v) is 10.2. The summed E-state index contributed by atoms with van der Waals surface area (Å²) in [4.78, 5) is 0. The third-order valence-corrected chi connectivity index (χ3v) is 6.38. The topological polar surface area (TPSA) is 0 Å². The van der Waals surface area contributed by atoms with Crippen LogP contribution in [-0.4, -0.2) is 4.20 Å². The highest BCUT2D eigenvalue weighted by Gasteiger charge is 2.27.